The number of halogens is 2. The summed E-state index contributed by atoms with van der Waals surface area (Å²) >= 11 is 0. The van der Waals surface area contributed by atoms with Crippen LogP contribution in [0.2, 0.25) is 0 Å². The topological polar surface area (TPSA) is 12.0 Å². The lowest BCUT2D eigenvalue weighted by Crippen LogP contribution is -2.23. The van der Waals surface area contributed by atoms with E-state index in [2.05, 4.69) is 11.4 Å². The minimum atomic E-state index is -0.511. The van der Waals surface area contributed by atoms with Crippen LogP contribution in [-0.4, -0.2) is 6.54 Å². The Bertz CT molecular complexity index is 630. The predicted molar refractivity (Wildman–Crippen MR) is 82.5 cm³/mol. The van der Waals surface area contributed by atoms with Gasteiger partial charge in [0.25, 0.3) is 0 Å². The van der Waals surface area contributed by atoms with Crippen LogP contribution in [0.3, 0.4) is 0 Å². The molecule has 2 aromatic carbocycles. The van der Waals surface area contributed by atoms with Gasteiger partial charge in [-0.1, -0.05) is 36.2 Å². The zero-order valence-corrected chi connectivity index (χ0v) is 12.9. The average molecular weight is 289 g/mol. The van der Waals surface area contributed by atoms with Gasteiger partial charge < -0.3 is 5.32 Å². The van der Waals surface area contributed by atoms with Crippen LogP contribution >= 0.6 is 0 Å². The van der Waals surface area contributed by atoms with Crippen LogP contribution in [0.1, 0.15) is 40.8 Å². The highest BCUT2D eigenvalue weighted by Gasteiger charge is 2.19. The van der Waals surface area contributed by atoms with E-state index >= 15 is 0 Å². The summed E-state index contributed by atoms with van der Waals surface area (Å²) in [5, 5.41) is 3.29. The maximum atomic E-state index is 14.2. The van der Waals surface area contributed by atoms with Crippen molar-refractivity contribution >= 4 is 0 Å². The van der Waals surface area contributed by atoms with Crippen LogP contribution in [0.5, 0.6) is 0 Å². The standard InChI is InChI=1S/C18H21F2N/c1-5-21-18(14-7-11(2)6-12(3)8-14)15-9-13(4)16(19)10-17(15)20/h6-10,18,21H,5H2,1-4H3. The van der Waals surface area contributed by atoms with E-state index in [9.17, 15) is 8.78 Å². The molecule has 0 amide bonds. The van der Waals surface area contributed by atoms with Crippen molar-refractivity contribution in [2.24, 2.45) is 0 Å². The molecule has 0 fully saturated rings. The third-order valence-corrected chi connectivity index (χ3v) is 3.57. The molecular formula is C18H21F2N. The smallest absolute Gasteiger partial charge is 0.131 e. The van der Waals surface area contributed by atoms with Crippen molar-refractivity contribution in [1.29, 1.82) is 0 Å². The molecule has 0 saturated heterocycles. The normalized spacial score (nSPS) is 12.5. The summed E-state index contributed by atoms with van der Waals surface area (Å²) in [5.41, 5.74) is 4.21. The summed E-state index contributed by atoms with van der Waals surface area (Å²) in [5.74, 6) is -1.02. The van der Waals surface area contributed by atoms with Crippen LogP contribution < -0.4 is 5.32 Å². The number of hydrogen-bond acceptors (Lipinski definition) is 1. The van der Waals surface area contributed by atoms with Crippen molar-refractivity contribution in [3.05, 3.63) is 69.8 Å². The molecule has 112 valence electrons. The first-order chi connectivity index (χ1) is 9.92. The van der Waals surface area contributed by atoms with Gasteiger partial charge in [-0.05, 0) is 44.5 Å². The first kappa shape index (κ1) is 15.6. The van der Waals surface area contributed by atoms with E-state index in [1.165, 1.54) is 0 Å². The van der Waals surface area contributed by atoms with Crippen LogP contribution in [-0.2, 0) is 0 Å². The number of benzene rings is 2. The third-order valence-electron chi connectivity index (χ3n) is 3.57. The van der Waals surface area contributed by atoms with E-state index in [0.717, 1.165) is 22.8 Å². The molecule has 3 heteroatoms. The Kier molecular flexibility index (Phi) is 4.73. The molecule has 2 rings (SSSR count). The van der Waals surface area contributed by atoms with Gasteiger partial charge in [0.05, 0.1) is 6.04 Å². The highest BCUT2D eigenvalue weighted by Crippen LogP contribution is 2.28. The molecule has 0 aliphatic rings. The average Bonchev–Trinajstić information content (AvgIpc) is 2.39. The van der Waals surface area contributed by atoms with Crippen LogP contribution in [0.4, 0.5) is 8.78 Å². The molecule has 0 bridgehead atoms. The molecule has 1 nitrogen and oxygen atoms in total. The minimum absolute atomic E-state index is 0.270. The fourth-order valence-corrected chi connectivity index (χ4v) is 2.69. The summed E-state index contributed by atoms with van der Waals surface area (Å²) < 4.78 is 27.7. The second-order valence-electron chi connectivity index (χ2n) is 5.53. The minimum Gasteiger partial charge on any atom is -0.306 e. The fraction of sp³-hybridized carbons (Fsp3) is 0.333. The number of rotatable bonds is 4. The molecule has 1 unspecified atom stereocenters. The summed E-state index contributed by atoms with van der Waals surface area (Å²) in [6, 6.07) is 8.45. The summed E-state index contributed by atoms with van der Waals surface area (Å²) in [7, 11) is 0. The van der Waals surface area contributed by atoms with E-state index in [-0.39, 0.29) is 6.04 Å². The van der Waals surface area contributed by atoms with Gasteiger partial charge in [0.15, 0.2) is 0 Å². The molecule has 0 aromatic heterocycles. The molecule has 0 aliphatic carbocycles. The van der Waals surface area contributed by atoms with Crippen molar-refractivity contribution in [1.82, 2.24) is 5.32 Å². The summed E-state index contributed by atoms with van der Waals surface area (Å²) in [6.07, 6.45) is 0. The van der Waals surface area contributed by atoms with Crippen molar-refractivity contribution in [3.8, 4) is 0 Å². The van der Waals surface area contributed by atoms with E-state index in [4.69, 9.17) is 0 Å². The lowest BCUT2D eigenvalue weighted by atomic mass is 9.94. The van der Waals surface area contributed by atoms with Gasteiger partial charge in [-0.2, -0.15) is 0 Å². The fourth-order valence-electron chi connectivity index (χ4n) is 2.69. The molecule has 0 spiro atoms. The Balaban J connectivity index is 2.55. The van der Waals surface area contributed by atoms with Crippen LogP contribution in [0.25, 0.3) is 0 Å². The van der Waals surface area contributed by atoms with Crippen molar-refractivity contribution in [2.75, 3.05) is 6.54 Å². The number of nitrogens with one attached hydrogen (secondary N) is 1. The predicted octanol–water partition coefficient (Wildman–Crippen LogP) is 4.59. The first-order valence-corrected chi connectivity index (χ1v) is 7.19. The second-order valence-corrected chi connectivity index (χ2v) is 5.53. The van der Waals surface area contributed by atoms with Crippen LogP contribution in [0, 0.1) is 32.4 Å². The van der Waals surface area contributed by atoms with E-state index in [0.29, 0.717) is 17.7 Å². The SMILES string of the molecule is CCNC(c1cc(C)cc(C)c1)c1cc(C)c(F)cc1F. The van der Waals surface area contributed by atoms with Gasteiger partial charge in [0, 0.05) is 11.6 Å². The Hall–Kier alpha value is -1.74. The van der Waals surface area contributed by atoms with E-state index in [1.807, 2.05) is 32.9 Å². The van der Waals surface area contributed by atoms with Crippen molar-refractivity contribution < 1.29 is 8.78 Å². The quantitative estimate of drug-likeness (QED) is 0.868. The van der Waals surface area contributed by atoms with Crippen LogP contribution in [0.15, 0.2) is 30.3 Å². The monoisotopic (exact) mass is 289 g/mol. The molecule has 0 heterocycles. The Morgan fingerprint density at radius 1 is 0.905 bits per heavy atom. The molecule has 0 radical (unpaired) electrons. The maximum Gasteiger partial charge on any atom is 0.131 e. The van der Waals surface area contributed by atoms with Gasteiger partial charge in [0.1, 0.15) is 11.6 Å². The molecule has 0 aliphatic heterocycles. The maximum absolute atomic E-state index is 14.2. The molecule has 0 saturated carbocycles. The Morgan fingerprint density at radius 2 is 1.52 bits per heavy atom. The zero-order valence-electron chi connectivity index (χ0n) is 12.9. The summed E-state index contributed by atoms with van der Waals surface area (Å²) in [6.45, 7) is 8.37. The first-order valence-electron chi connectivity index (χ1n) is 7.19. The van der Waals surface area contributed by atoms with Gasteiger partial charge >= 0.3 is 0 Å². The summed E-state index contributed by atoms with van der Waals surface area (Å²) in [4.78, 5) is 0. The van der Waals surface area contributed by atoms with Gasteiger partial charge in [-0.3, -0.25) is 0 Å². The van der Waals surface area contributed by atoms with Gasteiger partial charge in [-0.25, -0.2) is 8.78 Å². The lowest BCUT2D eigenvalue weighted by Gasteiger charge is -2.21. The zero-order chi connectivity index (χ0) is 15.6. The largest absolute Gasteiger partial charge is 0.306 e. The molecular weight excluding hydrogens is 268 g/mol. The van der Waals surface area contributed by atoms with Crippen molar-refractivity contribution in [2.45, 2.75) is 33.7 Å². The number of hydrogen-bond donors (Lipinski definition) is 1. The second kappa shape index (κ2) is 6.35. The number of aryl methyl sites for hydroxylation is 3. The van der Waals surface area contributed by atoms with E-state index in [1.54, 1.807) is 13.0 Å². The van der Waals surface area contributed by atoms with Gasteiger partial charge in [-0.15, -0.1) is 0 Å². The molecule has 1 atom stereocenters. The Morgan fingerprint density at radius 3 is 2.10 bits per heavy atom. The molecule has 1 N–H and O–H groups in total. The van der Waals surface area contributed by atoms with E-state index < -0.39 is 11.6 Å². The van der Waals surface area contributed by atoms with Crippen molar-refractivity contribution in [3.63, 3.8) is 0 Å². The third kappa shape index (κ3) is 3.48. The lowest BCUT2D eigenvalue weighted by molar-refractivity contribution is 0.537. The highest BCUT2D eigenvalue weighted by molar-refractivity contribution is 5.39. The Labute approximate surface area is 125 Å². The molecule has 2 aromatic rings. The highest BCUT2D eigenvalue weighted by atomic mass is 19.1. The molecule has 21 heavy (non-hydrogen) atoms. The van der Waals surface area contributed by atoms with Gasteiger partial charge in [0.2, 0.25) is 0 Å².